The monoisotopic (exact) mass is 449 g/mol. The standard InChI is InChI=1S/C27H39N5O/c1-18-12-13-27(23(18)28)14-16-32(17-15-27)26-30-24(29)22(25(33)31(26)2)21-10-8-20(9-11-21)19-6-4-3-5-7-19/h8-11,18-19,23H,3-7,12-17,28-29H2,1-2H3/t18-,23-/m1/s1. The van der Waals surface area contributed by atoms with Gasteiger partial charge in [0, 0.05) is 26.2 Å². The normalized spacial score (nSPS) is 25.6. The number of hydrogen-bond acceptors (Lipinski definition) is 5. The Bertz CT molecular complexity index is 1050. The molecule has 1 aliphatic heterocycles. The quantitative estimate of drug-likeness (QED) is 0.724. The third-order valence-corrected chi connectivity index (χ3v) is 9.03. The lowest BCUT2D eigenvalue weighted by Crippen LogP contribution is -2.49. The lowest BCUT2D eigenvalue weighted by molar-refractivity contribution is 0.185. The second-order valence-corrected chi connectivity index (χ2v) is 10.9. The smallest absolute Gasteiger partial charge is 0.264 e. The third kappa shape index (κ3) is 3.96. The molecule has 33 heavy (non-hydrogen) atoms. The highest BCUT2D eigenvalue weighted by Crippen LogP contribution is 2.48. The van der Waals surface area contributed by atoms with Crippen LogP contribution in [-0.4, -0.2) is 28.7 Å². The molecule has 6 nitrogen and oxygen atoms in total. The van der Waals surface area contributed by atoms with Crippen LogP contribution in [0.5, 0.6) is 0 Å². The Labute approximate surface area is 197 Å². The van der Waals surface area contributed by atoms with Crippen molar-refractivity contribution in [3.63, 3.8) is 0 Å². The average Bonchev–Trinajstić information content (AvgIpc) is 3.11. The van der Waals surface area contributed by atoms with E-state index in [2.05, 4.69) is 24.0 Å². The van der Waals surface area contributed by atoms with Gasteiger partial charge in [0.1, 0.15) is 5.82 Å². The molecule has 1 saturated heterocycles. The fourth-order valence-electron chi connectivity index (χ4n) is 6.72. The van der Waals surface area contributed by atoms with Crippen LogP contribution in [0.2, 0.25) is 0 Å². The van der Waals surface area contributed by atoms with Crippen LogP contribution in [0, 0.1) is 11.3 Å². The van der Waals surface area contributed by atoms with Gasteiger partial charge >= 0.3 is 0 Å². The highest BCUT2D eigenvalue weighted by Gasteiger charge is 2.46. The zero-order valence-corrected chi connectivity index (χ0v) is 20.2. The summed E-state index contributed by atoms with van der Waals surface area (Å²) in [5.74, 6) is 2.24. The molecule has 0 radical (unpaired) electrons. The second kappa shape index (κ2) is 8.79. The average molecular weight is 450 g/mol. The number of nitrogen functional groups attached to an aromatic ring is 1. The molecule has 1 aromatic heterocycles. The van der Waals surface area contributed by atoms with Crippen molar-refractivity contribution in [2.24, 2.45) is 24.1 Å². The van der Waals surface area contributed by atoms with Crippen molar-refractivity contribution in [3.8, 4) is 11.1 Å². The second-order valence-electron chi connectivity index (χ2n) is 10.9. The lowest BCUT2D eigenvalue weighted by atomic mass is 9.73. The molecule has 0 amide bonds. The number of hydrogen-bond donors (Lipinski definition) is 2. The molecule has 2 atom stereocenters. The van der Waals surface area contributed by atoms with E-state index in [0.717, 1.165) is 31.5 Å². The minimum absolute atomic E-state index is 0.0746. The van der Waals surface area contributed by atoms with E-state index in [0.29, 0.717) is 29.2 Å². The van der Waals surface area contributed by atoms with Crippen LogP contribution >= 0.6 is 0 Å². The number of aromatic nitrogens is 2. The van der Waals surface area contributed by atoms with Crippen molar-refractivity contribution in [2.45, 2.75) is 76.7 Å². The summed E-state index contributed by atoms with van der Waals surface area (Å²) in [5.41, 5.74) is 15.9. The molecule has 3 aliphatic rings. The Morgan fingerprint density at radius 1 is 1.00 bits per heavy atom. The number of anilines is 2. The number of nitrogens with zero attached hydrogens (tertiary/aromatic N) is 3. The van der Waals surface area contributed by atoms with Gasteiger partial charge in [0.15, 0.2) is 0 Å². The summed E-state index contributed by atoms with van der Waals surface area (Å²) < 4.78 is 1.68. The van der Waals surface area contributed by atoms with Gasteiger partial charge < -0.3 is 16.4 Å². The van der Waals surface area contributed by atoms with E-state index in [1.165, 1.54) is 50.5 Å². The molecule has 4 N–H and O–H groups in total. The molecule has 1 aromatic carbocycles. The number of piperidine rings is 1. The first kappa shape index (κ1) is 22.5. The Morgan fingerprint density at radius 2 is 1.67 bits per heavy atom. The first-order valence-corrected chi connectivity index (χ1v) is 12.9. The third-order valence-electron chi connectivity index (χ3n) is 9.03. The molecule has 2 heterocycles. The van der Waals surface area contributed by atoms with Crippen LogP contribution in [0.3, 0.4) is 0 Å². The molecule has 2 aromatic rings. The van der Waals surface area contributed by atoms with Gasteiger partial charge in [-0.3, -0.25) is 9.36 Å². The van der Waals surface area contributed by atoms with Crippen LogP contribution in [0.25, 0.3) is 11.1 Å². The first-order valence-electron chi connectivity index (χ1n) is 12.9. The van der Waals surface area contributed by atoms with E-state index in [1.54, 1.807) is 4.57 Å². The van der Waals surface area contributed by atoms with Crippen molar-refractivity contribution in [1.82, 2.24) is 9.55 Å². The fraction of sp³-hybridized carbons (Fsp3) is 0.630. The van der Waals surface area contributed by atoms with Crippen molar-refractivity contribution in [3.05, 3.63) is 40.2 Å². The van der Waals surface area contributed by atoms with E-state index in [4.69, 9.17) is 16.5 Å². The molecule has 2 saturated carbocycles. The summed E-state index contributed by atoms with van der Waals surface area (Å²) in [4.78, 5) is 20.3. The van der Waals surface area contributed by atoms with Crippen LogP contribution in [-0.2, 0) is 7.05 Å². The van der Waals surface area contributed by atoms with Gasteiger partial charge in [-0.25, -0.2) is 0 Å². The SMILES string of the molecule is C[C@@H]1CCC2(CCN(c3nc(N)c(-c4ccc(C5CCCCC5)cc4)c(=O)n3C)CC2)[C@@H]1N. The van der Waals surface area contributed by atoms with Crippen molar-refractivity contribution in [2.75, 3.05) is 23.7 Å². The molecule has 1 spiro atoms. The minimum atomic E-state index is -0.0746. The molecule has 6 heteroatoms. The van der Waals surface area contributed by atoms with Gasteiger partial charge in [-0.2, -0.15) is 4.98 Å². The lowest BCUT2D eigenvalue weighted by Gasteiger charge is -2.43. The summed E-state index contributed by atoms with van der Waals surface area (Å²) in [6.07, 6.45) is 11.1. The summed E-state index contributed by atoms with van der Waals surface area (Å²) in [5, 5.41) is 0. The van der Waals surface area contributed by atoms with E-state index in [-0.39, 0.29) is 17.0 Å². The molecular weight excluding hydrogens is 410 g/mol. The zero-order chi connectivity index (χ0) is 23.2. The predicted octanol–water partition coefficient (Wildman–Crippen LogP) is 4.42. The summed E-state index contributed by atoms with van der Waals surface area (Å²) in [6, 6.07) is 8.72. The molecular formula is C27H39N5O. The van der Waals surface area contributed by atoms with Crippen LogP contribution in [0.1, 0.15) is 76.2 Å². The Morgan fingerprint density at radius 3 is 2.27 bits per heavy atom. The number of benzene rings is 1. The first-order chi connectivity index (χ1) is 15.9. The number of nitrogens with two attached hydrogens (primary N) is 2. The van der Waals surface area contributed by atoms with Crippen LogP contribution in [0.4, 0.5) is 11.8 Å². The molecule has 5 rings (SSSR count). The maximum atomic E-state index is 13.4. The Kier molecular flexibility index (Phi) is 5.98. The molecule has 2 aliphatic carbocycles. The van der Waals surface area contributed by atoms with E-state index < -0.39 is 0 Å². The summed E-state index contributed by atoms with van der Waals surface area (Å²) in [7, 11) is 1.82. The predicted molar refractivity (Wildman–Crippen MR) is 135 cm³/mol. The minimum Gasteiger partial charge on any atom is -0.383 e. The summed E-state index contributed by atoms with van der Waals surface area (Å²) in [6.45, 7) is 4.02. The maximum Gasteiger partial charge on any atom is 0.264 e. The Balaban J connectivity index is 1.37. The summed E-state index contributed by atoms with van der Waals surface area (Å²) >= 11 is 0. The molecule has 3 fully saturated rings. The molecule has 0 unspecified atom stereocenters. The van der Waals surface area contributed by atoms with E-state index in [9.17, 15) is 4.79 Å². The maximum absolute atomic E-state index is 13.4. The van der Waals surface area contributed by atoms with Gasteiger partial charge in [0.05, 0.1) is 5.56 Å². The van der Waals surface area contributed by atoms with Gasteiger partial charge in [-0.05, 0) is 66.9 Å². The van der Waals surface area contributed by atoms with Gasteiger partial charge in [0.2, 0.25) is 5.95 Å². The van der Waals surface area contributed by atoms with Gasteiger partial charge in [0.25, 0.3) is 5.56 Å². The molecule has 178 valence electrons. The van der Waals surface area contributed by atoms with Crippen molar-refractivity contribution in [1.29, 1.82) is 0 Å². The molecule has 0 bridgehead atoms. The highest BCUT2D eigenvalue weighted by atomic mass is 16.1. The van der Waals surface area contributed by atoms with Crippen molar-refractivity contribution >= 4 is 11.8 Å². The highest BCUT2D eigenvalue weighted by molar-refractivity contribution is 5.74. The van der Waals surface area contributed by atoms with Crippen molar-refractivity contribution < 1.29 is 0 Å². The van der Waals surface area contributed by atoms with Crippen LogP contribution in [0.15, 0.2) is 29.1 Å². The van der Waals surface area contributed by atoms with Gasteiger partial charge in [-0.15, -0.1) is 0 Å². The topological polar surface area (TPSA) is 90.2 Å². The largest absolute Gasteiger partial charge is 0.383 e. The van der Waals surface area contributed by atoms with E-state index in [1.807, 2.05) is 19.2 Å². The Hall–Kier alpha value is -2.34. The zero-order valence-electron chi connectivity index (χ0n) is 20.2. The fourth-order valence-corrected chi connectivity index (χ4v) is 6.72. The number of rotatable bonds is 3. The van der Waals surface area contributed by atoms with Crippen LogP contribution < -0.4 is 21.9 Å². The van der Waals surface area contributed by atoms with E-state index >= 15 is 0 Å². The van der Waals surface area contributed by atoms with Gasteiger partial charge in [-0.1, -0.05) is 50.5 Å².